The highest BCUT2D eigenvalue weighted by molar-refractivity contribution is 7.92. The first-order chi connectivity index (χ1) is 18.6. The highest BCUT2D eigenvalue weighted by Crippen LogP contribution is 2.37. The van der Waals surface area contributed by atoms with Crippen molar-refractivity contribution in [1.29, 1.82) is 0 Å². The Bertz CT molecular complexity index is 1360. The van der Waals surface area contributed by atoms with Crippen molar-refractivity contribution in [1.82, 2.24) is 5.32 Å². The molecular weight excluding hydrogens is 520 g/mol. The van der Waals surface area contributed by atoms with Gasteiger partial charge in [-0.3, -0.25) is 9.10 Å². The van der Waals surface area contributed by atoms with E-state index in [0.29, 0.717) is 23.8 Å². The van der Waals surface area contributed by atoms with Gasteiger partial charge in [0.2, 0.25) is 5.91 Å². The molecule has 0 spiro atoms. The number of amides is 1. The van der Waals surface area contributed by atoms with E-state index in [1.165, 1.54) is 52.7 Å². The molecule has 3 rings (SSSR count). The molecule has 1 atom stereocenters. The van der Waals surface area contributed by atoms with Gasteiger partial charge in [-0.05, 0) is 42.2 Å². The number of anilines is 1. The van der Waals surface area contributed by atoms with Crippen molar-refractivity contribution in [3.8, 4) is 23.0 Å². The molecule has 0 fully saturated rings. The van der Waals surface area contributed by atoms with Crippen LogP contribution in [0.15, 0.2) is 71.6 Å². The summed E-state index contributed by atoms with van der Waals surface area (Å²) in [6.07, 6.45) is 0.681. The van der Waals surface area contributed by atoms with Crippen LogP contribution in [-0.4, -0.2) is 49.3 Å². The predicted octanol–water partition coefficient (Wildman–Crippen LogP) is 4.82. The Morgan fingerprint density at radius 2 is 1.46 bits per heavy atom. The second kappa shape index (κ2) is 13.2. The molecule has 1 unspecified atom stereocenters. The minimum Gasteiger partial charge on any atom is -0.497 e. The summed E-state index contributed by atoms with van der Waals surface area (Å²) >= 11 is 0. The highest BCUT2D eigenvalue weighted by atomic mass is 32.2. The molecule has 210 valence electrons. The smallest absolute Gasteiger partial charge is 0.265 e. The van der Waals surface area contributed by atoms with Gasteiger partial charge in [0.25, 0.3) is 10.0 Å². The first-order valence-electron chi connectivity index (χ1n) is 12.5. The zero-order chi connectivity index (χ0) is 28.6. The van der Waals surface area contributed by atoms with Gasteiger partial charge in [0, 0.05) is 12.1 Å². The Kier molecular flexibility index (Phi) is 10.1. The number of methoxy groups -OCH3 is 4. The number of hydrogen-bond donors (Lipinski definition) is 1. The van der Waals surface area contributed by atoms with Crippen LogP contribution < -0.4 is 28.6 Å². The maximum Gasteiger partial charge on any atom is 0.265 e. The Balaban J connectivity index is 2.08. The molecule has 0 aliphatic carbocycles. The molecule has 3 aromatic rings. The van der Waals surface area contributed by atoms with Gasteiger partial charge in [-0.1, -0.05) is 44.2 Å². The molecule has 1 N–H and O–H groups in total. The summed E-state index contributed by atoms with van der Waals surface area (Å²) in [5, 5.41) is 3.03. The fourth-order valence-corrected chi connectivity index (χ4v) is 5.64. The molecule has 0 aliphatic rings. The zero-order valence-electron chi connectivity index (χ0n) is 23.1. The van der Waals surface area contributed by atoms with E-state index < -0.39 is 22.5 Å². The average Bonchev–Trinajstić information content (AvgIpc) is 2.94. The lowest BCUT2D eigenvalue weighted by atomic mass is 9.97. The lowest BCUT2D eigenvalue weighted by Gasteiger charge is -2.28. The van der Waals surface area contributed by atoms with E-state index in [0.717, 1.165) is 9.87 Å². The topological polar surface area (TPSA) is 103 Å². The number of rotatable bonds is 13. The molecule has 0 radical (unpaired) electrons. The van der Waals surface area contributed by atoms with E-state index in [2.05, 4.69) is 19.2 Å². The number of carbonyl (C=O) groups is 1. The number of sulfonamides is 1. The summed E-state index contributed by atoms with van der Waals surface area (Å²) in [7, 11) is 1.50. The van der Waals surface area contributed by atoms with Crippen LogP contribution >= 0.6 is 0 Å². The summed E-state index contributed by atoms with van der Waals surface area (Å²) in [6, 6.07) is 18.3. The van der Waals surface area contributed by atoms with Crippen LogP contribution in [0.5, 0.6) is 23.0 Å². The number of nitrogens with one attached hydrogen (secondary N) is 1. The second-order valence-corrected chi connectivity index (χ2v) is 11.1. The third kappa shape index (κ3) is 7.14. The Morgan fingerprint density at radius 3 is 2.05 bits per heavy atom. The maximum absolute atomic E-state index is 14.1. The van der Waals surface area contributed by atoms with E-state index in [4.69, 9.17) is 18.9 Å². The van der Waals surface area contributed by atoms with Gasteiger partial charge >= 0.3 is 0 Å². The molecule has 0 saturated carbocycles. The first kappa shape index (κ1) is 29.6. The molecule has 9 nitrogen and oxygen atoms in total. The Labute approximate surface area is 230 Å². The van der Waals surface area contributed by atoms with Crippen molar-refractivity contribution in [2.45, 2.75) is 31.2 Å². The van der Waals surface area contributed by atoms with Crippen LogP contribution in [0.2, 0.25) is 0 Å². The summed E-state index contributed by atoms with van der Waals surface area (Å²) < 4.78 is 50.6. The van der Waals surface area contributed by atoms with Crippen molar-refractivity contribution in [3.63, 3.8) is 0 Å². The van der Waals surface area contributed by atoms with Crippen molar-refractivity contribution < 1.29 is 32.2 Å². The lowest BCUT2D eigenvalue weighted by Crippen LogP contribution is -2.42. The van der Waals surface area contributed by atoms with Crippen molar-refractivity contribution in [2.75, 3.05) is 39.3 Å². The molecule has 10 heteroatoms. The first-order valence-corrected chi connectivity index (χ1v) is 13.9. The van der Waals surface area contributed by atoms with Gasteiger partial charge in [0.05, 0.1) is 45.1 Å². The highest BCUT2D eigenvalue weighted by Gasteiger charge is 2.31. The monoisotopic (exact) mass is 556 g/mol. The van der Waals surface area contributed by atoms with Crippen LogP contribution in [0.4, 0.5) is 5.69 Å². The number of carbonyl (C=O) groups excluding carboxylic acids is 1. The summed E-state index contributed by atoms with van der Waals surface area (Å²) in [4.78, 5) is 13.4. The predicted molar refractivity (Wildman–Crippen MR) is 150 cm³/mol. The molecule has 0 aliphatic heterocycles. The maximum atomic E-state index is 14.1. The van der Waals surface area contributed by atoms with Crippen molar-refractivity contribution in [2.24, 2.45) is 5.92 Å². The minimum absolute atomic E-state index is 0.0837. The van der Waals surface area contributed by atoms with E-state index >= 15 is 0 Å². The fraction of sp³-hybridized carbons (Fsp3) is 0.345. The summed E-state index contributed by atoms with van der Waals surface area (Å²) in [6.45, 7) is 3.63. The van der Waals surface area contributed by atoms with E-state index in [-0.39, 0.29) is 28.1 Å². The number of hydrogen-bond acceptors (Lipinski definition) is 7. The third-order valence-electron chi connectivity index (χ3n) is 6.13. The quantitative estimate of drug-likeness (QED) is 0.322. The van der Waals surface area contributed by atoms with Crippen molar-refractivity contribution >= 4 is 21.6 Å². The SMILES string of the molecule is COc1ccc(OC)c(N(CC(=O)NC(CC(C)C)c2ccccc2)S(=O)(=O)c2ccc(OC)c(OC)c2)c1. The largest absolute Gasteiger partial charge is 0.497 e. The van der Waals surface area contributed by atoms with Crippen LogP contribution in [-0.2, 0) is 14.8 Å². The minimum atomic E-state index is -4.29. The van der Waals surface area contributed by atoms with Crippen LogP contribution in [0.25, 0.3) is 0 Å². The fourth-order valence-electron chi connectivity index (χ4n) is 4.20. The molecule has 0 aromatic heterocycles. The molecule has 0 saturated heterocycles. The Morgan fingerprint density at radius 1 is 0.821 bits per heavy atom. The van der Waals surface area contributed by atoms with Gasteiger partial charge < -0.3 is 24.3 Å². The van der Waals surface area contributed by atoms with Gasteiger partial charge in [-0.2, -0.15) is 0 Å². The molecule has 0 bridgehead atoms. The van der Waals surface area contributed by atoms with Gasteiger partial charge in [0.1, 0.15) is 18.0 Å². The second-order valence-electron chi connectivity index (χ2n) is 9.23. The third-order valence-corrected chi connectivity index (χ3v) is 7.88. The molecule has 1 amide bonds. The van der Waals surface area contributed by atoms with E-state index in [1.54, 1.807) is 12.1 Å². The van der Waals surface area contributed by atoms with E-state index in [1.807, 2.05) is 30.3 Å². The molecule has 39 heavy (non-hydrogen) atoms. The number of ether oxygens (including phenoxy) is 4. The van der Waals surface area contributed by atoms with Crippen LogP contribution in [0, 0.1) is 5.92 Å². The van der Waals surface area contributed by atoms with E-state index in [9.17, 15) is 13.2 Å². The molecule has 3 aromatic carbocycles. The standard InChI is InChI=1S/C29H36N2O7S/c1-20(2)16-24(21-10-8-7-9-11-21)30-29(32)19-31(25-17-22(35-3)12-14-26(25)36-4)39(33,34)23-13-15-27(37-5)28(18-23)38-6/h7-15,17-18,20,24H,16,19H2,1-6H3,(H,30,32). The number of benzene rings is 3. The van der Waals surface area contributed by atoms with Crippen molar-refractivity contribution in [3.05, 3.63) is 72.3 Å². The molecule has 0 heterocycles. The van der Waals surface area contributed by atoms with Crippen LogP contribution in [0.3, 0.4) is 0 Å². The van der Waals surface area contributed by atoms with Gasteiger partial charge in [-0.15, -0.1) is 0 Å². The normalized spacial score (nSPS) is 12.0. The summed E-state index contributed by atoms with van der Waals surface area (Å²) in [5.74, 6) is 1.09. The summed E-state index contributed by atoms with van der Waals surface area (Å²) in [5.41, 5.74) is 1.09. The zero-order valence-corrected chi connectivity index (χ0v) is 23.9. The molecular formula is C29H36N2O7S. The lowest BCUT2D eigenvalue weighted by molar-refractivity contribution is -0.120. The number of nitrogens with zero attached hydrogens (tertiary/aromatic N) is 1. The van der Waals surface area contributed by atoms with Crippen LogP contribution in [0.1, 0.15) is 31.9 Å². The Hall–Kier alpha value is -3.92. The average molecular weight is 557 g/mol. The van der Waals surface area contributed by atoms with Gasteiger partial charge in [-0.25, -0.2) is 8.42 Å². The van der Waals surface area contributed by atoms with Gasteiger partial charge in [0.15, 0.2) is 11.5 Å².